The Morgan fingerprint density at radius 1 is 1.17 bits per heavy atom. The van der Waals surface area contributed by atoms with Gasteiger partial charge in [-0.15, -0.1) is 0 Å². The molecule has 0 spiro atoms. The highest BCUT2D eigenvalue weighted by molar-refractivity contribution is 6.30. The van der Waals surface area contributed by atoms with Gasteiger partial charge in [-0.25, -0.2) is 0 Å². The van der Waals surface area contributed by atoms with E-state index in [4.69, 9.17) is 16.3 Å². The quantitative estimate of drug-likeness (QED) is 0.841. The Hall–Kier alpha value is -1.10. The van der Waals surface area contributed by atoms with Crippen LogP contribution in [0.25, 0.3) is 0 Å². The third-order valence-corrected chi connectivity index (χ3v) is 6.18. The van der Waals surface area contributed by atoms with Crippen LogP contribution in [0.1, 0.15) is 25.3 Å². The molecule has 3 aliphatic rings. The zero-order valence-corrected chi connectivity index (χ0v) is 15.0. The molecule has 0 aromatic heterocycles. The van der Waals surface area contributed by atoms with E-state index in [1.54, 1.807) is 0 Å². The van der Waals surface area contributed by atoms with Crippen LogP contribution in [0.3, 0.4) is 0 Å². The van der Waals surface area contributed by atoms with Crippen molar-refractivity contribution in [1.82, 2.24) is 9.80 Å². The van der Waals surface area contributed by atoms with Crippen molar-refractivity contribution in [2.75, 3.05) is 39.4 Å². The van der Waals surface area contributed by atoms with Gasteiger partial charge in [-0.3, -0.25) is 9.69 Å². The highest BCUT2D eigenvalue weighted by Crippen LogP contribution is 2.50. The van der Waals surface area contributed by atoms with Gasteiger partial charge in [-0.05, 0) is 36.5 Å². The monoisotopic (exact) mass is 348 g/mol. The summed E-state index contributed by atoms with van der Waals surface area (Å²) in [7, 11) is 0. The van der Waals surface area contributed by atoms with Crippen LogP contribution in [0, 0.1) is 5.92 Å². The van der Waals surface area contributed by atoms with Gasteiger partial charge in [0.2, 0.25) is 5.91 Å². The SMILES string of the molecule is C[C@@H]1CN(C(=O)C2(c3ccc(Cl)cc3)CC2)C[C@H]1N1CCOCC1. The number of halogens is 1. The van der Waals surface area contributed by atoms with Crippen molar-refractivity contribution in [3.63, 3.8) is 0 Å². The Balaban J connectivity index is 1.48. The Bertz CT molecular complexity index is 608. The minimum absolute atomic E-state index is 0.287. The van der Waals surface area contributed by atoms with Gasteiger partial charge in [0.05, 0.1) is 18.6 Å². The summed E-state index contributed by atoms with van der Waals surface area (Å²) in [5.74, 6) is 0.834. The van der Waals surface area contributed by atoms with Crippen molar-refractivity contribution >= 4 is 17.5 Å². The summed E-state index contributed by atoms with van der Waals surface area (Å²) in [6.45, 7) is 7.59. The number of nitrogens with zero attached hydrogens (tertiary/aromatic N) is 2. The lowest BCUT2D eigenvalue weighted by molar-refractivity contribution is -0.133. The van der Waals surface area contributed by atoms with E-state index in [0.717, 1.165) is 62.8 Å². The van der Waals surface area contributed by atoms with Crippen LogP contribution in [0.5, 0.6) is 0 Å². The second-order valence-electron chi connectivity index (χ2n) is 7.49. The predicted octanol–water partition coefficient (Wildman–Crippen LogP) is 2.55. The Kier molecular flexibility index (Phi) is 4.31. The van der Waals surface area contributed by atoms with Gasteiger partial charge in [-0.2, -0.15) is 0 Å². The Morgan fingerprint density at radius 3 is 2.46 bits per heavy atom. The first-order valence-corrected chi connectivity index (χ1v) is 9.35. The lowest BCUT2D eigenvalue weighted by Crippen LogP contribution is -2.47. The molecule has 1 aromatic rings. The minimum Gasteiger partial charge on any atom is -0.379 e. The summed E-state index contributed by atoms with van der Waals surface area (Å²) in [5.41, 5.74) is 0.837. The fourth-order valence-corrected chi connectivity index (χ4v) is 4.45. The second-order valence-corrected chi connectivity index (χ2v) is 7.93. The zero-order chi connectivity index (χ0) is 16.7. The van der Waals surface area contributed by atoms with Gasteiger partial charge in [-0.1, -0.05) is 30.7 Å². The molecular formula is C19H25ClN2O2. The third-order valence-electron chi connectivity index (χ3n) is 5.93. The number of morpholine rings is 1. The molecule has 1 aliphatic carbocycles. The number of amides is 1. The molecule has 3 fully saturated rings. The van der Waals surface area contributed by atoms with E-state index < -0.39 is 0 Å². The van der Waals surface area contributed by atoms with Crippen molar-refractivity contribution in [2.45, 2.75) is 31.2 Å². The minimum atomic E-state index is -0.287. The summed E-state index contributed by atoms with van der Waals surface area (Å²) < 4.78 is 5.47. The maximum Gasteiger partial charge on any atom is 0.233 e. The van der Waals surface area contributed by atoms with Gasteiger partial charge in [0.25, 0.3) is 0 Å². The van der Waals surface area contributed by atoms with E-state index in [-0.39, 0.29) is 5.41 Å². The molecule has 24 heavy (non-hydrogen) atoms. The molecule has 2 saturated heterocycles. The lowest BCUT2D eigenvalue weighted by atomic mass is 9.94. The van der Waals surface area contributed by atoms with E-state index >= 15 is 0 Å². The smallest absolute Gasteiger partial charge is 0.233 e. The molecule has 1 saturated carbocycles. The van der Waals surface area contributed by atoms with Crippen molar-refractivity contribution in [2.24, 2.45) is 5.92 Å². The number of likely N-dealkylation sites (tertiary alicyclic amines) is 1. The topological polar surface area (TPSA) is 32.8 Å². The van der Waals surface area contributed by atoms with Crippen LogP contribution < -0.4 is 0 Å². The number of benzene rings is 1. The van der Waals surface area contributed by atoms with Crippen LogP contribution in [0.2, 0.25) is 5.02 Å². The summed E-state index contributed by atoms with van der Waals surface area (Å²) >= 11 is 6.00. The van der Waals surface area contributed by atoms with Crippen LogP contribution in [-0.2, 0) is 14.9 Å². The maximum atomic E-state index is 13.2. The first-order chi connectivity index (χ1) is 11.6. The van der Waals surface area contributed by atoms with Crippen LogP contribution in [-0.4, -0.2) is 61.1 Å². The van der Waals surface area contributed by atoms with Crippen molar-refractivity contribution in [1.29, 1.82) is 0 Å². The molecule has 4 nitrogen and oxygen atoms in total. The van der Waals surface area contributed by atoms with Gasteiger partial charge in [0, 0.05) is 37.2 Å². The first-order valence-electron chi connectivity index (χ1n) is 8.97. The molecule has 0 N–H and O–H groups in total. The lowest BCUT2D eigenvalue weighted by Gasteiger charge is -2.34. The summed E-state index contributed by atoms with van der Waals surface area (Å²) in [5, 5.41) is 0.726. The number of rotatable bonds is 3. The summed E-state index contributed by atoms with van der Waals surface area (Å²) in [4.78, 5) is 17.8. The van der Waals surface area contributed by atoms with Crippen molar-refractivity contribution in [3.8, 4) is 0 Å². The molecule has 130 valence electrons. The van der Waals surface area contributed by atoms with Crippen LogP contribution in [0.4, 0.5) is 0 Å². The number of carbonyl (C=O) groups is 1. The van der Waals surface area contributed by atoms with Gasteiger partial charge >= 0.3 is 0 Å². The van der Waals surface area contributed by atoms with E-state index in [2.05, 4.69) is 16.7 Å². The molecule has 1 aromatic carbocycles. The molecule has 2 aliphatic heterocycles. The number of ether oxygens (including phenoxy) is 1. The fourth-order valence-electron chi connectivity index (χ4n) is 4.32. The highest BCUT2D eigenvalue weighted by atomic mass is 35.5. The molecule has 0 bridgehead atoms. The molecule has 2 heterocycles. The first kappa shape index (κ1) is 16.4. The van der Waals surface area contributed by atoms with Gasteiger partial charge in [0.1, 0.15) is 0 Å². The van der Waals surface area contributed by atoms with Crippen LogP contribution in [0.15, 0.2) is 24.3 Å². The van der Waals surface area contributed by atoms with E-state index in [1.807, 2.05) is 24.3 Å². The standard InChI is InChI=1S/C19H25ClN2O2/c1-14-12-22(13-17(14)21-8-10-24-11-9-21)18(23)19(6-7-19)15-2-4-16(20)5-3-15/h2-5,14,17H,6-13H2,1H3/t14-,17-/m1/s1. The van der Waals surface area contributed by atoms with Crippen LogP contribution >= 0.6 is 11.6 Å². The normalized spacial score (nSPS) is 29.7. The maximum absolute atomic E-state index is 13.2. The van der Waals surface area contributed by atoms with E-state index in [1.165, 1.54) is 0 Å². The van der Waals surface area contributed by atoms with E-state index in [9.17, 15) is 4.79 Å². The van der Waals surface area contributed by atoms with Gasteiger partial charge in [0.15, 0.2) is 0 Å². The number of carbonyl (C=O) groups excluding carboxylic acids is 1. The second kappa shape index (κ2) is 6.32. The largest absolute Gasteiger partial charge is 0.379 e. The van der Waals surface area contributed by atoms with Crippen molar-refractivity contribution in [3.05, 3.63) is 34.9 Å². The molecule has 0 radical (unpaired) electrons. The van der Waals surface area contributed by atoms with Crippen molar-refractivity contribution < 1.29 is 9.53 Å². The Morgan fingerprint density at radius 2 is 1.83 bits per heavy atom. The van der Waals surface area contributed by atoms with E-state index in [0.29, 0.717) is 17.9 Å². The Labute approximate surface area is 148 Å². The molecule has 2 atom stereocenters. The molecule has 0 unspecified atom stereocenters. The van der Waals surface area contributed by atoms with Gasteiger partial charge < -0.3 is 9.64 Å². The number of hydrogen-bond acceptors (Lipinski definition) is 3. The fraction of sp³-hybridized carbons (Fsp3) is 0.632. The molecule has 1 amide bonds. The molecule has 4 rings (SSSR count). The molecular weight excluding hydrogens is 324 g/mol. The third kappa shape index (κ3) is 2.85. The average Bonchev–Trinajstić information content (AvgIpc) is 3.32. The predicted molar refractivity (Wildman–Crippen MR) is 94.3 cm³/mol. The summed E-state index contributed by atoms with van der Waals surface area (Å²) in [6.07, 6.45) is 1.92. The summed E-state index contributed by atoms with van der Waals surface area (Å²) in [6, 6.07) is 8.30. The number of hydrogen-bond donors (Lipinski definition) is 0. The highest BCUT2D eigenvalue weighted by Gasteiger charge is 2.54. The average molecular weight is 349 g/mol. The zero-order valence-electron chi connectivity index (χ0n) is 14.2. The molecule has 5 heteroatoms.